The minimum absolute atomic E-state index is 0.0894. The number of carbonyl (C=O) groups is 1. The van der Waals surface area contributed by atoms with Crippen molar-refractivity contribution in [2.45, 2.75) is 19.9 Å². The van der Waals surface area contributed by atoms with Crippen LogP contribution < -0.4 is 10.0 Å². The molecule has 0 aromatic carbocycles. The lowest BCUT2D eigenvalue weighted by molar-refractivity contribution is -0.906. The summed E-state index contributed by atoms with van der Waals surface area (Å²) in [7, 11) is 0. The minimum Gasteiger partial charge on any atom is -0.504 e. The number of amides is 1. The number of nitrogens with zero attached hydrogens (tertiary/aromatic N) is 1. The number of nitrogens with one attached hydrogen (secondary N) is 1. The zero-order valence-corrected chi connectivity index (χ0v) is 8.43. The number of aromatic nitrogens is 1. The van der Waals surface area contributed by atoms with Gasteiger partial charge in [0.1, 0.15) is 0 Å². The van der Waals surface area contributed by atoms with Gasteiger partial charge in [0.15, 0.2) is 5.75 Å². The zero-order chi connectivity index (χ0) is 11.6. The summed E-state index contributed by atoms with van der Waals surface area (Å²) in [4.78, 5) is 11.5. The summed E-state index contributed by atoms with van der Waals surface area (Å²) < 4.78 is 0.451. The van der Waals surface area contributed by atoms with Crippen molar-refractivity contribution in [3.63, 3.8) is 0 Å². The Morgan fingerprint density at radius 2 is 2.00 bits per heavy atom. The summed E-state index contributed by atoms with van der Waals surface area (Å²) in [5.41, 5.74) is -0.154. The highest BCUT2D eigenvalue weighted by Gasteiger charge is 2.23. The van der Waals surface area contributed by atoms with E-state index < -0.39 is 17.4 Å². The molecule has 0 bridgehead atoms. The summed E-state index contributed by atoms with van der Waals surface area (Å²) in [5, 5.41) is 30.0. The highest BCUT2D eigenvalue weighted by Crippen LogP contribution is 2.21. The van der Waals surface area contributed by atoms with Crippen LogP contribution in [-0.4, -0.2) is 27.4 Å². The molecule has 0 saturated heterocycles. The van der Waals surface area contributed by atoms with Gasteiger partial charge in [-0.25, -0.2) is 0 Å². The van der Waals surface area contributed by atoms with Crippen molar-refractivity contribution in [1.82, 2.24) is 5.32 Å². The van der Waals surface area contributed by atoms with Crippen LogP contribution in [0.1, 0.15) is 24.3 Å². The van der Waals surface area contributed by atoms with E-state index >= 15 is 0 Å². The Bertz CT molecular complexity index is 390. The molecule has 0 unspecified atom stereocenters. The van der Waals surface area contributed by atoms with Crippen molar-refractivity contribution >= 4 is 5.91 Å². The number of hydrogen-bond acceptors (Lipinski definition) is 4. The minimum atomic E-state index is -0.539. The third-order valence-corrected chi connectivity index (χ3v) is 1.68. The Morgan fingerprint density at radius 3 is 2.53 bits per heavy atom. The number of aromatic hydroxyl groups is 2. The summed E-state index contributed by atoms with van der Waals surface area (Å²) in [5.74, 6) is -1.50. The molecule has 0 aliphatic rings. The SMILES string of the molecule is CC(C)NC(=O)c1cc(O)c(O)c[n+]1O. The fourth-order valence-electron chi connectivity index (χ4n) is 1.03. The van der Waals surface area contributed by atoms with Crippen LogP contribution in [0, 0.1) is 0 Å². The van der Waals surface area contributed by atoms with Crippen LogP contribution in [0.4, 0.5) is 0 Å². The van der Waals surface area contributed by atoms with Crippen LogP contribution >= 0.6 is 0 Å². The lowest BCUT2D eigenvalue weighted by Crippen LogP contribution is -2.43. The van der Waals surface area contributed by atoms with Gasteiger partial charge in [-0.3, -0.25) is 10.0 Å². The molecule has 0 spiro atoms. The number of rotatable bonds is 2. The van der Waals surface area contributed by atoms with Gasteiger partial charge in [-0.1, -0.05) is 0 Å². The molecule has 15 heavy (non-hydrogen) atoms. The van der Waals surface area contributed by atoms with E-state index in [0.29, 0.717) is 4.73 Å². The molecule has 1 amide bonds. The van der Waals surface area contributed by atoms with Crippen LogP contribution in [0.25, 0.3) is 0 Å². The second-order valence-corrected chi connectivity index (χ2v) is 3.40. The molecule has 6 heteroatoms. The first kappa shape index (κ1) is 11.1. The average molecular weight is 213 g/mol. The van der Waals surface area contributed by atoms with E-state index in [1.165, 1.54) is 0 Å². The maximum Gasteiger partial charge on any atom is 0.325 e. The molecule has 0 aliphatic heterocycles. The number of hydrogen-bond donors (Lipinski definition) is 4. The Balaban J connectivity index is 3.04. The molecule has 0 fully saturated rings. The van der Waals surface area contributed by atoms with Crippen molar-refractivity contribution in [3.8, 4) is 11.5 Å². The zero-order valence-electron chi connectivity index (χ0n) is 8.43. The van der Waals surface area contributed by atoms with Gasteiger partial charge >= 0.3 is 11.6 Å². The van der Waals surface area contributed by atoms with Crippen molar-refractivity contribution < 1.29 is 24.9 Å². The molecule has 1 heterocycles. The van der Waals surface area contributed by atoms with Crippen molar-refractivity contribution in [2.24, 2.45) is 0 Å². The van der Waals surface area contributed by atoms with Crippen LogP contribution in [-0.2, 0) is 0 Å². The van der Waals surface area contributed by atoms with E-state index in [1.54, 1.807) is 13.8 Å². The van der Waals surface area contributed by atoms with Gasteiger partial charge in [0.2, 0.25) is 5.75 Å². The van der Waals surface area contributed by atoms with E-state index in [1.807, 2.05) is 0 Å². The summed E-state index contributed by atoms with van der Waals surface area (Å²) in [6, 6.07) is 0.890. The molecule has 1 aromatic rings. The van der Waals surface area contributed by atoms with Crippen molar-refractivity contribution in [1.29, 1.82) is 0 Å². The summed E-state index contributed by atoms with van der Waals surface area (Å²) in [6.45, 7) is 3.53. The quantitative estimate of drug-likeness (QED) is 0.403. The first-order valence-corrected chi connectivity index (χ1v) is 4.39. The molecule has 6 nitrogen and oxygen atoms in total. The molecule has 1 aromatic heterocycles. The first-order chi connectivity index (χ1) is 6.91. The van der Waals surface area contributed by atoms with Gasteiger partial charge in [0.05, 0.1) is 6.07 Å². The van der Waals surface area contributed by atoms with Crippen molar-refractivity contribution in [2.75, 3.05) is 0 Å². The maximum absolute atomic E-state index is 11.5. The molecule has 0 aliphatic carbocycles. The molecule has 1 rings (SSSR count). The summed E-state index contributed by atoms with van der Waals surface area (Å²) in [6.07, 6.45) is 0.838. The molecular weight excluding hydrogens is 200 g/mol. The lowest BCUT2D eigenvalue weighted by Gasteiger charge is -2.05. The number of pyridine rings is 1. The third kappa shape index (κ3) is 2.49. The first-order valence-electron chi connectivity index (χ1n) is 4.39. The van der Waals surface area contributed by atoms with Crippen molar-refractivity contribution in [3.05, 3.63) is 18.0 Å². The van der Waals surface area contributed by atoms with Gasteiger partial charge in [-0.05, 0) is 13.8 Å². The molecule has 4 N–H and O–H groups in total. The predicted molar refractivity (Wildman–Crippen MR) is 49.8 cm³/mol. The summed E-state index contributed by atoms with van der Waals surface area (Å²) >= 11 is 0. The van der Waals surface area contributed by atoms with E-state index in [4.69, 9.17) is 10.2 Å². The molecular formula is C9H13N2O4+. The van der Waals surface area contributed by atoms with E-state index in [0.717, 1.165) is 12.3 Å². The molecule has 82 valence electrons. The second kappa shape index (κ2) is 4.04. The maximum atomic E-state index is 11.5. The topological polar surface area (TPSA) is 93.7 Å². The van der Waals surface area contributed by atoms with Crippen LogP contribution in [0.2, 0.25) is 0 Å². The Kier molecular flexibility index (Phi) is 2.99. The smallest absolute Gasteiger partial charge is 0.325 e. The predicted octanol–water partition coefficient (Wildman–Crippen LogP) is -0.239. The highest BCUT2D eigenvalue weighted by molar-refractivity contribution is 5.91. The number of carbonyl (C=O) groups excluding carboxylic acids is 1. The average Bonchev–Trinajstić information content (AvgIpc) is 2.09. The Labute approximate surface area is 86.4 Å². The molecule has 0 atom stereocenters. The van der Waals surface area contributed by atoms with Gasteiger partial charge in [-0.2, -0.15) is 0 Å². The van der Waals surface area contributed by atoms with E-state index in [-0.39, 0.29) is 11.7 Å². The second-order valence-electron chi connectivity index (χ2n) is 3.40. The van der Waals surface area contributed by atoms with E-state index in [9.17, 15) is 10.0 Å². The third-order valence-electron chi connectivity index (χ3n) is 1.68. The normalized spacial score (nSPS) is 10.3. The van der Waals surface area contributed by atoms with Gasteiger partial charge in [0.25, 0.3) is 6.20 Å². The monoisotopic (exact) mass is 213 g/mol. The van der Waals surface area contributed by atoms with Gasteiger partial charge in [-0.15, -0.1) is 0 Å². The van der Waals surface area contributed by atoms with Crippen LogP contribution in [0.3, 0.4) is 0 Å². The fraction of sp³-hybridized carbons (Fsp3) is 0.333. The van der Waals surface area contributed by atoms with Crippen LogP contribution in [0.15, 0.2) is 12.3 Å². The molecule has 0 saturated carbocycles. The fourth-order valence-corrected chi connectivity index (χ4v) is 1.03. The van der Waals surface area contributed by atoms with Gasteiger partial charge < -0.3 is 15.5 Å². The lowest BCUT2D eigenvalue weighted by atomic mass is 10.3. The highest BCUT2D eigenvalue weighted by atomic mass is 16.5. The standard InChI is InChI=1S/C9H12N2O4/c1-5(2)10-9(14)6-3-7(12)8(13)4-11(6)15/h3-5,15H,1-2H3,(H2,10,13,14)/p+1. The van der Waals surface area contributed by atoms with Gasteiger partial charge in [0, 0.05) is 10.8 Å². The van der Waals surface area contributed by atoms with E-state index in [2.05, 4.69) is 5.32 Å². The van der Waals surface area contributed by atoms with Crippen LogP contribution in [0.5, 0.6) is 11.5 Å². The Hall–Kier alpha value is -1.98. The molecule has 0 radical (unpaired) electrons. The Morgan fingerprint density at radius 1 is 1.40 bits per heavy atom. The largest absolute Gasteiger partial charge is 0.504 e.